The Balaban J connectivity index is 1.89. The maximum absolute atomic E-state index is 12.5. The summed E-state index contributed by atoms with van der Waals surface area (Å²) in [6.45, 7) is 2.24. The summed E-state index contributed by atoms with van der Waals surface area (Å²) in [7, 11) is 0. The van der Waals surface area contributed by atoms with Crippen molar-refractivity contribution in [1.82, 2.24) is 0 Å². The van der Waals surface area contributed by atoms with E-state index in [9.17, 15) is 4.79 Å². The fourth-order valence-electron chi connectivity index (χ4n) is 5.29. The summed E-state index contributed by atoms with van der Waals surface area (Å²) in [6.07, 6.45) is 8.44. The van der Waals surface area contributed by atoms with Crippen molar-refractivity contribution < 1.29 is 4.79 Å². The summed E-state index contributed by atoms with van der Waals surface area (Å²) in [5.74, 6) is 2.70. The van der Waals surface area contributed by atoms with Gasteiger partial charge in [0.05, 0.1) is 0 Å². The second-order valence-corrected chi connectivity index (χ2v) is 7.11. The highest BCUT2D eigenvalue weighted by molar-refractivity contribution is 6.30. The fourth-order valence-corrected chi connectivity index (χ4v) is 5.56. The Kier molecular flexibility index (Phi) is 1.98. The van der Waals surface area contributed by atoms with Crippen molar-refractivity contribution in [3.05, 3.63) is 11.1 Å². The monoisotopic (exact) mass is 250 g/mol. The van der Waals surface area contributed by atoms with Crippen molar-refractivity contribution in [2.24, 2.45) is 35.0 Å². The van der Waals surface area contributed by atoms with Gasteiger partial charge in [-0.05, 0) is 48.9 Å². The van der Waals surface area contributed by atoms with Crippen LogP contribution in [0.5, 0.6) is 0 Å². The first-order valence-corrected chi connectivity index (χ1v) is 7.44. The fraction of sp³-hybridized carbons (Fsp3) is 0.800. The SMILES string of the molecule is C[C@@H]1C(Cl)=C[C@H]2[C@@H]3CCC[C@@H](C3=O)[C@@H]1C21CC1. The summed E-state index contributed by atoms with van der Waals surface area (Å²) in [6, 6.07) is 0. The second-order valence-electron chi connectivity index (χ2n) is 6.67. The van der Waals surface area contributed by atoms with Crippen LogP contribution in [0.15, 0.2) is 11.1 Å². The van der Waals surface area contributed by atoms with Gasteiger partial charge in [-0.25, -0.2) is 0 Å². The minimum atomic E-state index is 0.314. The Morgan fingerprint density at radius 3 is 2.71 bits per heavy atom. The average molecular weight is 251 g/mol. The molecule has 0 heterocycles. The maximum atomic E-state index is 12.5. The summed E-state index contributed by atoms with van der Waals surface area (Å²) in [5, 5.41) is 1.04. The van der Waals surface area contributed by atoms with Crippen molar-refractivity contribution in [2.45, 2.75) is 39.0 Å². The third-order valence-corrected chi connectivity index (χ3v) is 6.57. The number of halogens is 1. The molecule has 0 unspecified atom stereocenters. The lowest BCUT2D eigenvalue weighted by atomic mass is 9.50. The number of carbonyl (C=O) groups excluding carboxylic acids is 1. The molecule has 1 nitrogen and oxygen atoms in total. The van der Waals surface area contributed by atoms with E-state index >= 15 is 0 Å². The first-order chi connectivity index (χ1) is 8.15. The van der Waals surface area contributed by atoms with E-state index in [2.05, 4.69) is 13.0 Å². The highest BCUT2D eigenvalue weighted by atomic mass is 35.5. The summed E-state index contributed by atoms with van der Waals surface area (Å²) >= 11 is 6.43. The summed E-state index contributed by atoms with van der Waals surface area (Å²) in [4.78, 5) is 12.5. The Morgan fingerprint density at radius 2 is 2.00 bits per heavy atom. The molecule has 0 aromatic rings. The van der Waals surface area contributed by atoms with E-state index in [-0.39, 0.29) is 0 Å². The molecule has 4 aliphatic rings. The molecule has 4 aliphatic carbocycles. The number of rotatable bonds is 0. The molecular weight excluding hydrogens is 232 g/mol. The molecule has 4 bridgehead atoms. The van der Waals surface area contributed by atoms with Gasteiger partial charge < -0.3 is 0 Å². The first kappa shape index (κ1) is 10.6. The third-order valence-electron chi connectivity index (χ3n) is 6.10. The molecule has 2 heteroatoms. The molecule has 17 heavy (non-hydrogen) atoms. The lowest BCUT2D eigenvalue weighted by Gasteiger charge is -2.54. The van der Waals surface area contributed by atoms with Gasteiger partial charge in [0.2, 0.25) is 0 Å². The minimum absolute atomic E-state index is 0.314. The van der Waals surface area contributed by atoms with Crippen LogP contribution in [0.3, 0.4) is 0 Å². The molecule has 3 saturated carbocycles. The molecule has 0 saturated heterocycles. The minimum Gasteiger partial charge on any atom is -0.299 e. The molecule has 0 radical (unpaired) electrons. The zero-order valence-electron chi connectivity index (χ0n) is 10.3. The normalized spacial score (nSPS) is 50.1. The highest BCUT2D eigenvalue weighted by Crippen LogP contribution is 2.71. The quantitative estimate of drug-likeness (QED) is 0.640. The molecule has 1 spiro atoms. The van der Waals surface area contributed by atoms with E-state index in [1.807, 2.05) is 0 Å². The van der Waals surface area contributed by atoms with Crippen LogP contribution in [0.4, 0.5) is 0 Å². The molecule has 92 valence electrons. The van der Waals surface area contributed by atoms with Crippen molar-refractivity contribution in [3.8, 4) is 0 Å². The van der Waals surface area contributed by atoms with Crippen LogP contribution in [-0.2, 0) is 4.79 Å². The molecule has 0 aliphatic heterocycles. The number of fused-ring (bicyclic) bond motifs is 4. The van der Waals surface area contributed by atoms with E-state index in [1.54, 1.807) is 0 Å². The van der Waals surface area contributed by atoms with Gasteiger partial charge in [-0.15, -0.1) is 0 Å². The van der Waals surface area contributed by atoms with Crippen LogP contribution >= 0.6 is 11.6 Å². The third kappa shape index (κ3) is 1.15. The van der Waals surface area contributed by atoms with E-state index in [0.717, 1.165) is 17.9 Å². The Hall–Kier alpha value is -0.300. The van der Waals surface area contributed by atoms with E-state index < -0.39 is 0 Å². The van der Waals surface area contributed by atoms with Crippen molar-refractivity contribution >= 4 is 17.4 Å². The topological polar surface area (TPSA) is 17.1 Å². The number of carbonyl (C=O) groups is 1. The van der Waals surface area contributed by atoms with Crippen LogP contribution < -0.4 is 0 Å². The number of hydrogen-bond acceptors (Lipinski definition) is 1. The van der Waals surface area contributed by atoms with Gasteiger partial charge >= 0.3 is 0 Å². The maximum Gasteiger partial charge on any atom is 0.139 e. The van der Waals surface area contributed by atoms with Gasteiger partial charge in [0.15, 0.2) is 0 Å². The van der Waals surface area contributed by atoms with Gasteiger partial charge in [0.1, 0.15) is 5.78 Å². The predicted octanol–water partition coefficient (Wildman–Crippen LogP) is 3.77. The van der Waals surface area contributed by atoms with Gasteiger partial charge in [-0.3, -0.25) is 4.79 Å². The second kappa shape index (κ2) is 3.17. The highest BCUT2D eigenvalue weighted by Gasteiger charge is 2.67. The number of Topliss-reactive ketones (excluding diaryl/α,β-unsaturated/α-hetero) is 1. The standard InChI is InChI=1S/C15H19ClO/c1-8-12(16)7-11-9-3-2-4-10(14(9)17)13(8)15(11)5-6-15/h7-11,13H,2-6H2,1H3/t8-,9+,10-,11+,13-/m1/s1. The number of allylic oxidation sites excluding steroid dienone is 2. The molecule has 4 rings (SSSR count). The van der Waals surface area contributed by atoms with Crippen LogP contribution in [0.2, 0.25) is 0 Å². The summed E-state index contributed by atoms with van der Waals surface area (Å²) < 4.78 is 0. The predicted molar refractivity (Wildman–Crippen MR) is 67.6 cm³/mol. The molecule has 5 atom stereocenters. The van der Waals surface area contributed by atoms with Gasteiger partial charge in [0.25, 0.3) is 0 Å². The zero-order chi connectivity index (χ0) is 11.8. The van der Waals surface area contributed by atoms with Crippen molar-refractivity contribution in [3.63, 3.8) is 0 Å². The van der Waals surface area contributed by atoms with Crippen LogP contribution in [0, 0.1) is 35.0 Å². The molecule has 0 aromatic heterocycles. The average Bonchev–Trinajstić information content (AvgIpc) is 3.07. The Bertz CT molecular complexity index is 421. The van der Waals surface area contributed by atoms with E-state index in [0.29, 0.717) is 40.8 Å². The van der Waals surface area contributed by atoms with Crippen LogP contribution in [0.25, 0.3) is 0 Å². The molecule has 0 aromatic carbocycles. The first-order valence-electron chi connectivity index (χ1n) is 7.06. The van der Waals surface area contributed by atoms with Crippen molar-refractivity contribution in [2.75, 3.05) is 0 Å². The Labute approximate surface area is 108 Å². The molecule has 0 N–H and O–H groups in total. The van der Waals surface area contributed by atoms with Crippen LogP contribution in [0.1, 0.15) is 39.0 Å². The van der Waals surface area contributed by atoms with E-state index in [4.69, 9.17) is 11.6 Å². The zero-order valence-corrected chi connectivity index (χ0v) is 11.0. The van der Waals surface area contributed by atoms with Crippen molar-refractivity contribution in [1.29, 1.82) is 0 Å². The molecule has 0 amide bonds. The lowest BCUT2D eigenvalue weighted by molar-refractivity contribution is -0.144. The smallest absolute Gasteiger partial charge is 0.139 e. The largest absolute Gasteiger partial charge is 0.299 e. The van der Waals surface area contributed by atoms with Gasteiger partial charge in [0, 0.05) is 16.9 Å². The summed E-state index contributed by atoms with van der Waals surface area (Å²) in [5.41, 5.74) is 0.488. The Morgan fingerprint density at radius 1 is 1.29 bits per heavy atom. The van der Waals surface area contributed by atoms with Gasteiger partial charge in [-0.2, -0.15) is 0 Å². The number of ketones is 1. The van der Waals surface area contributed by atoms with Crippen LogP contribution in [-0.4, -0.2) is 5.78 Å². The molecular formula is C15H19ClO. The lowest BCUT2D eigenvalue weighted by Crippen LogP contribution is -2.53. The van der Waals surface area contributed by atoms with Gasteiger partial charge in [-0.1, -0.05) is 31.0 Å². The molecule has 3 fully saturated rings. The van der Waals surface area contributed by atoms with E-state index in [1.165, 1.54) is 19.3 Å². The number of hydrogen-bond donors (Lipinski definition) is 0.